The van der Waals surface area contributed by atoms with Gasteiger partial charge in [0.15, 0.2) is 5.76 Å². The second kappa shape index (κ2) is 7.23. The van der Waals surface area contributed by atoms with Crippen molar-refractivity contribution in [3.63, 3.8) is 0 Å². The van der Waals surface area contributed by atoms with Gasteiger partial charge < -0.3 is 9.73 Å². The minimum atomic E-state index is -0.198. The van der Waals surface area contributed by atoms with Crippen molar-refractivity contribution < 1.29 is 9.21 Å². The summed E-state index contributed by atoms with van der Waals surface area (Å²) in [5.41, 5.74) is 0.856. The quantitative estimate of drug-likeness (QED) is 0.910. The number of hydrogen-bond acceptors (Lipinski definition) is 6. The summed E-state index contributed by atoms with van der Waals surface area (Å²) in [5.74, 6) is 1.83. The van der Waals surface area contributed by atoms with Crippen molar-refractivity contribution in [3.8, 4) is 0 Å². The van der Waals surface area contributed by atoms with E-state index >= 15 is 0 Å². The van der Waals surface area contributed by atoms with E-state index in [2.05, 4.69) is 26.7 Å². The van der Waals surface area contributed by atoms with E-state index in [-0.39, 0.29) is 5.91 Å². The van der Waals surface area contributed by atoms with Crippen LogP contribution in [0, 0.1) is 12.8 Å². The summed E-state index contributed by atoms with van der Waals surface area (Å²) in [6.07, 6.45) is 2.46. The fraction of sp³-hybridized carbons (Fsp3) is 0.562. The van der Waals surface area contributed by atoms with Crippen LogP contribution in [0.4, 0.5) is 0 Å². The first-order chi connectivity index (χ1) is 11.1. The predicted molar refractivity (Wildman–Crippen MR) is 88.2 cm³/mol. The molecule has 0 unspecified atom stereocenters. The van der Waals surface area contributed by atoms with E-state index in [1.807, 2.05) is 13.0 Å². The van der Waals surface area contributed by atoms with Gasteiger partial charge in [-0.15, -0.1) is 5.10 Å². The summed E-state index contributed by atoms with van der Waals surface area (Å²) in [4.78, 5) is 15.5. The highest BCUT2D eigenvalue weighted by molar-refractivity contribution is 7.05. The number of carbonyl (C=O) groups excluding carboxylic acids is 1. The minimum absolute atomic E-state index is 0.198. The summed E-state index contributed by atoms with van der Waals surface area (Å²) in [6, 6.07) is 3.64. The Morgan fingerprint density at radius 3 is 2.91 bits per heavy atom. The van der Waals surface area contributed by atoms with Crippen molar-refractivity contribution in [1.82, 2.24) is 19.8 Å². The molecule has 0 bridgehead atoms. The van der Waals surface area contributed by atoms with Gasteiger partial charge in [0.2, 0.25) is 0 Å². The third-order valence-electron chi connectivity index (χ3n) is 4.30. The zero-order valence-electron chi connectivity index (χ0n) is 13.5. The lowest BCUT2D eigenvalue weighted by Crippen LogP contribution is -2.32. The molecule has 3 heterocycles. The van der Waals surface area contributed by atoms with Crippen molar-refractivity contribution in [2.45, 2.75) is 39.8 Å². The number of nitrogens with one attached hydrogen (secondary N) is 1. The topological polar surface area (TPSA) is 71.3 Å². The maximum atomic E-state index is 12.1. The van der Waals surface area contributed by atoms with E-state index in [0.717, 1.165) is 41.9 Å². The fourth-order valence-electron chi connectivity index (χ4n) is 2.69. The van der Waals surface area contributed by atoms with Crippen molar-refractivity contribution in [3.05, 3.63) is 34.2 Å². The van der Waals surface area contributed by atoms with Crippen LogP contribution in [0.1, 0.15) is 46.7 Å². The zero-order valence-corrected chi connectivity index (χ0v) is 14.4. The summed E-state index contributed by atoms with van der Waals surface area (Å²) in [5, 5.41) is 6.78. The molecule has 0 saturated carbocycles. The number of hydrogen-bond donors (Lipinski definition) is 1. The molecule has 7 heteroatoms. The molecule has 124 valence electrons. The van der Waals surface area contributed by atoms with Gasteiger partial charge in [-0.05, 0) is 62.4 Å². The molecule has 0 atom stereocenters. The Hall–Kier alpha value is -1.73. The Morgan fingerprint density at radius 1 is 1.43 bits per heavy atom. The average molecular weight is 334 g/mol. The molecule has 0 radical (unpaired) electrons. The van der Waals surface area contributed by atoms with E-state index in [4.69, 9.17) is 4.42 Å². The SMILES string of the molecule is Cc1nnsc1CNC(=O)c1ccc(CN2CCC(C)CC2)o1. The summed E-state index contributed by atoms with van der Waals surface area (Å²) in [7, 11) is 0. The number of amides is 1. The minimum Gasteiger partial charge on any atom is -0.455 e. The number of nitrogens with zero attached hydrogens (tertiary/aromatic N) is 3. The lowest BCUT2D eigenvalue weighted by molar-refractivity contribution is 0.0918. The third kappa shape index (κ3) is 4.17. The lowest BCUT2D eigenvalue weighted by Gasteiger charge is -2.29. The van der Waals surface area contributed by atoms with Crippen molar-refractivity contribution in [1.29, 1.82) is 0 Å². The Bertz CT molecular complexity index is 659. The molecular weight excluding hydrogens is 312 g/mol. The van der Waals surface area contributed by atoms with E-state index in [9.17, 15) is 4.79 Å². The maximum Gasteiger partial charge on any atom is 0.287 e. The molecule has 23 heavy (non-hydrogen) atoms. The monoisotopic (exact) mass is 334 g/mol. The molecule has 0 aliphatic carbocycles. The largest absolute Gasteiger partial charge is 0.455 e. The van der Waals surface area contributed by atoms with Gasteiger partial charge in [0.05, 0.1) is 23.7 Å². The molecule has 1 fully saturated rings. The van der Waals surface area contributed by atoms with Gasteiger partial charge in [-0.3, -0.25) is 9.69 Å². The van der Waals surface area contributed by atoms with Gasteiger partial charge in [-0.25, -0.2) is 0 Å². The average Bonchev–Trinajstić information content (AvgIpc) is 3.16. The fourth-order valence-corrected chi connectivity index (χ4v) is 3.26. The van der Waals surface area contributed by atoms with Gasteiger partial charge in [0, 0.05) is 0 Å². The summed E-state index contributed by atoms with van der Waals surface area (Å²) in [6.45, 7) is 7.59. The first-order valence-electron chi connectivity index (χ1n) is 7.99. The van der Waals surface area contributed by atoms with Crippen LogP contribution in [0.15, 0.2) is 16.5 Å². The molecule has 1 aliphatic heterocycles. The lowest BCUT2D eigenvalue weighted by atomic mass is 9.99. The molecule has 1 N–H and O–H groups in total. The van der Waals surface area contributed by atoms with E-state index in [0.29, 0.717) is 12.3 Å². The molecule has 3 rings (SSSR count). The van der Waals surface area contributed by atoms with Crippen molar-refractivity contribution in [2.24, 2.45) is 5.92 Å². The Labute approximate surface area is 140 Å². The third-order valence-corrected chi connectivity index (χ3v) is 5.12. The van der Waals surface area contributed by atoms with Crippen LogP contribution >= 0.6 is 11.5 Å². The second-order valence-corrected chi connectivity index (χ2v) is 7.03. The number of rotatable bonds is 5. The first-order valence-corrected chi connectivity index (χ1v) is 8.76. The molecule has 6 nitrogen and oxygen atoms in total. The number of furan rings is 1. The zero-order chi connectivity index (χ0) is 16.2. The molecule has 0 aromatic carbocycles. The standard InChI is InChI=1S/C16H22N4O2S/c1-11-5-7-20(8-6-11)10-13-3-4-14(22-13)16(21)17-9-15-12(2)18-19-23-15/h3-4,11H,5-10H2,1-2H3,(H,17,21). The number of piperidine rings is 1. The van der Waals surface area contributed by atoms with E-state index in [1.165, 1.54) is 24.4 Å². The summed E-state index contributed by atoms with van der Waals surface area (Å²) >= 11 is 1.30. The highest BCUT2D eigenvalue weighted by atomic mass is 32.1. The van der Waals surface area contributed by atoms with Gasteiger partial charge in [0.25, 0.3) is 5.91 Å². The maximum absolute atomic E-state index is 12.1. The molecule has 1 aliphatic rings. The van der Waals surface area contributed by atoms with Crippen molar-refractivity contribution >= 4 is 17.4 Å². The highest BCUT2D eigenvalue weighted by Crippen LogP contribution is 2.19. The molecule has 1 saturated heterocycles. The van der Waals surface area contributed by atoms with Crippen LogP contribution in [0.2, 0.25) is 0 Å². The number of aryl methyl sites for hydroxylation is 1. The van der Waals surface area contributed by atoms with Gasteiger partial charge in [0.1, 0.15) is 5.76 Å². The number of carbonyl (C=O) groups is 1. The van der Waals surface area contributed by atoms with Crippen LogP contribution in [-0.4, -0.2) is 33.5 Å². The van der Waals surface area contributed by atoms with Crippen LogP contribution in [0.5, 0.6) is 0 Å². The van der Waals surface area contributed by atoms with Gasteiger partial charge in [-0.1, -0.05) is 11.4 Å². The van der Waals surface area contributed by atoms with Crippen LogP contribution in [0.3, 0.4) is 0 Å². The number of aromatic nitrogens is 2. The molecule has 1 amide bonds. The van der Waals surface area contributed by atoms with Crippen LogP contribution in [-0.2, 0) is 13.1 Å². The molecule has 2 aromatic heterocycles. The number of likely N-dealkylation sites (tertiary alicyclic amines) is 1. The van der Waals surface area contributed by atoms with Crippen LogP contribution < -0.4 is 5.32 Å². The Kier molecular flexibility index (Phi) is 5.07. The predicted octanol–water partition coefficient (Wildman–Crippen LogP) is 2.60. The van der Waals surface area contributed by atoms with Gasteiger partial charge >= 0.3 is 0 Å². The molecule has 0 spiro atoms. The highest BCUT2D eigenvalue weighted by Gasteiger charge is 2.18. The smallest absolute Gasteiger partial charge is 0.287 e. The normalized spacial score (nSPS) is 16.6. The second-order valence-electron chi connectivity index (χ2n) is 6.19. The van der Waals surface area contributed by atoms with Crippen LogP contribution in [0.25, 0.3) is 0 Å². The van der Waals surface area contributed by atoms with Gasteiger partial charge in [-0.2, -0.15) is 0 Å². The Balaban J connectivity index is 1.52. The Morgan fingerprint density at radius 2 is 2.22 bits per heavy atom. The summed E-state index contributed by atoms with van der Waals surface area (Å²) < 4.78 is 9.55. The molecule has 2 aromatic rings. The molecular formula is C16H22N4O2S. The van der Waals surface area contributed by atoms with E-state index < -0.39 is 0 Å². The van der Waals surface area contributed by atoms with Crippen molar-refractivity contribution in [2.75, 3.05) is 13.1 Å². The first kappa shape index (κ1) is 16.1. The van der Waals surface area contributed by atoms with E-state index in [1.54, 1.807) is 6.07 Å².